The fourth-order valence-electron chi connectivity index (χ4n) is 2.68. The first-order chi connectivity index (χ1) is 12.7. The molecule has 5 nitrogen and oxygen atoms in total. The molecule has 4 rings (SSSR count). The Labute approximate surface area is 156 Å². The van der Waals surface area contributed by atoms with Crippen molar-refractivity contribution in [3.63, 3.8) is 0 Å². The van der Waals surface area contributed by atoms with Crippen molar-refractivity contribution in [2.24, 2.45) is 0 Å². The molecule has 0 radical (unpaired) electrons. The van der Waals surface area contributed by atoms with Crippen LogP contribution in [0.4, 0.5) is 0 Å². The Balaban J connectivity index is 1.49. The lowest BCUT2D eigenvalue weighted by Crippen LogP contribution is -1.97. The number of fused-ring (bicyclic) bond motifs is 1. The lowest BCUT2D eigenvalue weighted by atomic mass is 10.1. The van der Waals surface area contributed by atoms with Crippen LogP contribution in [0.1, 0.15) is 30.0 Å². The summed E-state index contributed by atoms with van der Waals surface area (Å²) in [4.78, 5) is 1.08. The molecule has 3 aromatic rings. The van der Waals surface area contributed by atoms with E-state index in [9.17, 15) is 0 Å². The molecule has 0 amide bonds. The van der Waals surface area contributed by atoms with E-state index < -0.39 is 0 Å². The highest BCUT2D eigenvalue weighted by Gasteiger charge is 2.18. The summed E-state index contributed by atoms with van der Waals surface area (Å²) in [5, 5.41) is 8.44. The summed E-state index contributed by atoms with van der Waals surface area (Å²) in [6.45, 7) is 5.48. The topological polar surface area (TPSA) is 57.4 Å². The smallest absolute Gasteiger partial charge is 0.247 e. The summed E-state index contributed by atoms with van der Waals surface area (Å²) < 4.78 is 17.3. The van der Waals surface area contributed by atoms with Gasteiger partial charge in [0.2, 0.25) is 11.8 Å². The van der Waals surface area contributed by atoms with E-state index in [1.54, 1.807) is 11.8 Å². The van der Waals surface area contributed by atoms with E-state index >= 15 is 0 Å². The number of hydrogen-bond donors (Lipinski definition) is 0. The number of rotatable bonds is 4. The lowest BCUT2D eigenvalue weighted by molar-refractivity contribution is 0.297. The van der Waals surface area contributed by atoms with Gasteiger partial charge in [-0.15, -0.1) is 22.0 Å². The SMILES string of the molecule is Cc1ccc(-c2nnc(C(C)Sc3ccc4c(c3)OCCCO4)o2)cc1. The van der Waals surface area contributed by atoms with Gasteiger partial charge in [0.25, 0.3) is 0 Å². The molecular weight excluding hydrogens is 348 g/mol. The number of thioether (sulfide) groups is 1. The number of nitrogens with zero attached hydrogens (tertiary/aromatic N) is 2. The highest BCUT2D eigenvalue weighted by Crippen LogP contribution is 2.39. The molecule has 1 aliphatic heterocycles. The highest BCUT2D eigenvalue weighted by molar-refractivity contribution is 7.99. The minimum absolute atomic E-state index is 0.0337. The van der Waals surface area contributed by atoms with Crippen molar-refractivity contribution in [3.05, 3.63) is 53.9 Å². The molecule has 0 bridgehead atoms. The first-order valence-corrected chi connectivity index (χ1v) is 9.54. The van der Waals surface area contributed by atoms with Gasteiger partial charge >= 0.3 is 0 Å². The van der Waals surface area contributed by atoms with Gasteiger partial charge in [0.05, 0.1) is 18.5 Å². The van der Waals surface area contributed by atoms with E-state index in [4.69, 9.17) is 13.9 Å². The van der Waals surface area contributed by atoms with Crippen LogP contribution in [0.2, 0.25) is 0 Å². The Kier molecular flexibility index (Phi) is 4.84. The molecule has 0 saturated carbocycles. The van der Waals surface area contributed by atoms with Gasteiger partial charge in [0.1, 0.15) is 0 Å². The standard InChI is InChI=1S/C20H20N2O3S/c1-13-4-6-15(7-5-13)20-22-21-19(25-20)14(2)26-16-8-9-17-18(12-16)24-11-3-10-23-17/h4-9,12,14H,3,10-11H2,1-2H3. The lowest BCUT2D eigenvalue weighted by Gasteiger charge is -2.11. The molecule has 1 atom stereocenters. The Morgan fingerprint density at radius 2 is 1.73 bits per heavy atom. The molecule has 26 heavy (non-hydrogen) atoms. The molecule has 6 heteroatoms. The van der Waals surface area contributed by atoms with Crippen molar-refractivity contribution in [2.45, 2.75) is 30.4 Å². The van der Waals surface area contributed by atoms with E-state index in [2.05, 4.69) is 24.0 Å². The third-order valence-corrected chi connectivity index (χ3v) is 5.20. The maximum Gasteiger partial charge on any atom is 0.247 e. The second kappa shape index (κ2) is 7.41. The summed E-state index contributed by atoms with van der Waals surface area (Å²) >= 11 is 1.66. The summed E-state index contributed by atoms with van der Waals surface area (Å²) in [6, 6.07) is 14.1. The molecule has 1 aliphatic rings. The van der Waals surface area contributed by atoms with Crippen LogP contribution in [-0.4, -0.2) is 23.4 Å². The van der Waals surface area contributed by atoms with Gasteiger partial charge in [0, 0.05) is 16.9 Å². The van der Waals surface area contributed by atoms with Crippen LogP contribution in [0.3, 0.4) is 0 Å². The quantitative estimate of drug-likeness (QED) is 0.600. The summed E-state index contributed by atoms with van der Waals surface area (Å²) in [6.07, 6.45) is 0.900. The number of aromatic nitrogens is 2. The minimum atomic E-state index is 0.0337. The van der Waals surface area contributed by atoms with Crippen molar-refractivity contribution < 1.29 is 13.9 Å². The monoisotopic (exact) mass is 368 g/mol. The van der Waals surface area contributed by atoms with Crippen LogP contribution < -0.4 is 9.47 Å². The van der Waals surface area contributed by atoms with Crippen molar-refractivity contribution >= 4 is 11.8 Å². The number of benzene rings is 2. The minimum Gasteiger partial charge on any atom is -0.490 e. The van der Waals surface area contributed by atoms with E-state index in [1.165, 1.54) is 5.56 Å². The van der Waals surface area contributed by atoms with Gasteiger partial charge in [-0.25, -0.2) is 0 Å². The van der Waals surface area contributed by atoms with E-state index in [0.717, 1.165) is 28.4 Å². The molecule has 2 heterocycles. The molecule has 134 valence electrons. The molecule has 1 unspecified atom stereocenters. The van der Waals surface area contributed by atoms with Gasteiger partial charge in [-0.3, -0.25) is 0 Å². The predicted molar refractivity (Wildman–Crippen MR) is 101 cm³/mol. The molecule has 2 aromatic carbocycles. The van der Waals surface area contributed by atoms with Crippen LogP contribution in [0.25, 0.3) is 11.5 Å². The van der Waals surface area contributed by atoms with Gasteiger partial charge in [-0.2, -0.15) is 0 Å². The summed E-state index contributed by atoms with van der Waals surface area (Å²) in [7, 11) is 0. The zero-order valence-electron chi connectivity index (χ0n) is 14.8. The van der Waals surface area contributed by atoms with E-state index in [1.807, 2.05) is 42.5 Å². The maximum atomic E-state index is 5.88. The van der Waals surface area contributed by atoms with Crippen molar-refractivity contribution in [3.8, 4) is 23.0 Å². The third kappa shape index (κ3) is 3.70. The average molecular weight is 368 g/mol. The number of aryl methyl sites for hydroxylation is 1. The molecule has 0 N–H and O–H groups in total. The second-order valence-electron chi connectivity index (χ2n) is 6.23. The van der Waals surface area contributed by atoms with Crippen LogP contribution in [-0.2, 0) is 0 Å². The Morgan fingerprint density at radius 1 is 0.962 bits per heavy atom. The summed E-state index contributed by atoms with van der Waals surface area (Å²) in [5.74, 6) is 2.76. The van der Waals surface area contributed by atoms with Crippen molar-refractivity contribution in [1.29, 1.82) is 0 Å². The largest absolute Gasteiger partial charge is 0.490 e. The fourth-order valence-corrected chi connectivity index (χ4v) is 3.61. The van der Waals surface area contributed by atoms with Gasteiger partial charge < -0.3 is 13.9 Å². The maximum absolute atomic E-state index is 5.88. The van der Waals surface area contributed by atoms with E-state index in [0.29, 0.717) is 25.0 Å². The molecule has 0 fully saturated rings. The highest BCUT2D eigenvalue weighted by atomic mass is 32.2. The molecular formula is C20H20N2O3S. The molecule has 0 aliphatic carbocycles. The van der Waals surface area contributed by atoms with Gasteiger partial charge in [0.15, 0.2) is 11.5 Å². The van der Waals surface area contributed by atoms with Crippen LogP contribution in [0.15, 0.2) is 51.8 Å². The van der Waals surface area contributed by atoms with Crippen LogP contribution in [0.5, 0.6) is 11.5 Å². The Bertz CT molecular complexity index is 892. The first kappa shape index (κ1) is 17.0. The van der Waals surface area contributed by atoms with Crippen molar-refractivity contribution in [1.82, 2.24) is 10.2 Å². The second-order valence-corrected chi connectivity index (χ2v) is 7.64. The molecule has 0 saturated heterocycles. The predicted octanol–water partition coefficient (Wildman–Crippen LogP) is 5.06. The zero-order chi connectivity index (χ0) is 17.9. The van der Waals surface area contributed by atoms with Gasteiger partial charge in [-0.05, 0) is 44.2 Å². The number of ether oxygens (including phenoxy) is 2. The summed E-state index contributed by atoms with van der Waals surface area (Å²) in [5.41, 5.74) is 2.13. The van der Waals surface area contributed by atoms with Crippen LogP contribution >= 0.6 is 11.8 Å². The molecule has 1 aromatic heterocycles. The Morgan fingerprint density at radius 3 is 2.54 bits per heavy atom. The van der Waals surface area contributed by atoms with E-state index in [-0.39, 0.29) is 5.25 Å². The average Bonchev–Trinajstić information content (AvgIpc) is 3.02. The number of hydrogen-bond acceptors (Lipinski definition) is 6. The van der Waals surface area contributed by atoms with Crippen molar-refractivity contribution in [2.75, 3.05) is 13.2 Å². The van der Waals surface area contributed by atoms with Gasteiger partial charge in [-0.1, -0.05) is 17.7 Å². The fraction of sp³-hybridized carbons (Fsp3) is 0.300. The zero-order valence-corrected chi connectivity index (χ0v) is 15.6. The van der Waals surface area contributed by atoms with Crippen LogP contribution in [0, 0.1) is 6.92 Å². The Hall–Kier alpha value is -2.47. The third-order valence-electron chi connectivity index (χ3n) is 4.12. The molecule has 0 spiro atoms. The normalized spacial score (nSPS) is 14.7. The first-order valence-electron chi connectivity index (χ1n) is 8.66.